The molecule has 0 saturated heterocycles. The minimum atomic E-state index is 0.447. The predicted octanol–water partition coefficient (Wildman–Crippen LogP) is 1.89. The van der Waals surface area contributed by atoms with E-state index in [0.717, 1.165) is 24.2 Å². The van der Waals surface area contributed by atoms with Crippen molar-refractivity contribution in [2.45, 2.75) is 19.8 Å². The summed E-state index contributed by atoms with van der Waals surface area (Å²) >= 11 is 0. The van der Waals surface area contributed by atoms with Crippen LogP contribution in [0.4, 0.5) is 5.69 Å². The third-order valence-corrected chi connectivity index (χ3v) is 2.56. The van der Waals surface area contributed by atoms with E-state index in [4.69, 9.17) is 0 Å². The Bertz CT molecular complexity index is 336. The van der Waals surface area contributed by atoms with Gasteiger partial charge in [0, 0.05) is 12.2 Å². The Morgan fingerprint density at radius 1 is 1.47 bits per heavy atom. The van der Waals surface area contributed by atoms with Gasteiger partial charge < -0.3 is 10.6 Å². The van der Waals surface area contributed by atoms with Crippen LogP contribution in [-0.4, -0.2) is 20.0 Å². The van der Waals surface area contributed by atoms with Crippen molar-refractivity contribution in [1.29, 1.82) is 0 Å². The molecule has 0 radical (unpaired) electrons. The van der Waals surface area contributed by atoms with E-state index in [1.165, 1.54) is 5.56 Å². The molecule has 0 aromatic heterocycles. The molecule has 1 rings (SSSR count). The van der Waals surface area contributed by atoms with Crippen molar-refractivity contribution >= 4 is 12.1 Å². The number of hydrogen-bond acceptors (Lipinski definition) is 2. The fraction of sp³-hybridized carbons (Fsp3) is 0.417. The summed E-state index contributed by atoms with van der Waals surface area (Å²) in [5.41, 5.74) is 3.22. The molecule has 2 N–H and O–H groups in total. The molecule has 0 fully saturated rings. The molecule has 0 aliphatic carbocycles. The lowest BCUT2D eigenvalue weighted by molar-refractivity contribution is -0.105. The molecular formula is C12H18N2O. The molecule has 0 saturated carbocycles. The maximum absolute atomic E-state index is 10.4. The second-order valence-electron chi connectivity index (χ2n) is 3.80. The summed E-state index contributed by atoms with van der Waals surface area (Å²) in [6.07, 6.45) is 0.717. The first kappa shape index (κ1) is 11.7. The zero-order valence-electron chi connectivity index (χ0n) is 9.50. The molecule has 3 nitrogen and oxygen atoms in total. The molecule has 15 heavy (non-hydrogen) atoms. The summed E-state index contributed by atoms with van der Waals surface area (Å²) in [4.78, 5) is 10.4. The number of benzene rings is 1. The standard InChI is InChI=1S/C12H18N2O/c1-9-4-5-11(10(2)7-13-3)6-12(9)14-8-15/h4-6,8,10,13H,7H2,1-3H3,(H,14,15). The van der Waals surface area contributed by atoms with Crippen molar-refractivity contribution < 1.29 is 4.79 Å². The van der Waals surface area contributed by atoms with Gasteiger partial charge in [0.1, 0.15) is 0 Å². The van der Waals surface area contributed by atoms with Gasteiger partial charge in [-0.3, -0.25) is 4.79 Å². The van der Waals surface area contributed by atoms with Crippen molar-refractivity contribution in [3.05, 3.63) is 29.3 Å². The summed E-state index contributed by atoms with van der Waals surface area (Å²) in [5, 5.41) is 5.85. The lowest BCUT2D eigenvalue weighted by Gasteiger charge is -2.13. The van der Waals surface area contributed by atoms with Crippen molar-refractivity contribution in [1.82, 2.24) is 5.32 Å². The topological polar surface area (TPSA) is 41.1 Å². The van der Waals surface area contributed by atoms with Gasteiger partial charge in [0.2, 0.25) is 6.41 Å². The number of carbonyl (C=O) groups is 1. The van der Waals surface area contributed by atoms with Gasteiger partial charge in [-0.05, 0) is 37.1 Å². The van der Waals surface area contributed by atoms with Crippen molar-refractivity contribution in [2.75, 3.05) is 18.9 Å². The van der Waals surface area contributed by atoms with Gasteiger partial charge in [-0.2, -0.15) is 0 Å². The molecule has 0 aliphatic heterocycles. The van der Waals surface area contributed by atoms with Crippen LogP contribution in [0.2, 0.25) is 0 Å². The van der Waals surface area contributed by atoms with E-state index >= 15 is 0 Å². The molecule has 82 valence electrons. The summed E-state index contributed by atoms with van der Waals surface area (Å²) in [6, 6.07) is 6.17. The Morgan fingerprint density at radius 3 is 2.80 bits per heavy atom. The van der Waals surface area contributed by atoms with E-state index in [1.54, 1.807) is 0 Å². The Kier molecular flexibility index (Phi) is 4.31. The van der Waals surface area contributed by atoms with Gasteiger partial charge in [0.15, 0.2) is 0 Å². The minimum absolute atomic E-state index is 0.447. The highest BCUT2D eigenvalue weighted by Gasteiger charge is 2.06. The number of amides is 1. The summed E-state index contributed by atoms with van der Waals surface area (Å²) in [7, 11) is 1.94. The van der Waals surface area contributed by atoms with E-state index < -0.39 is 0 Å². The van der Waals surface area contributed by atoms with E-state index in [0.29, 0.717) is 5.92 Å². The molecule has 1 aromatic carbocycles. The van der Waals surface area contributed by atoms with Crippen LogP contribution in [0.15, 0.2) is 18.2 Å². The fourth-order valence-corrected chi connectivity index (χ4v) is 1.59. The highest BCUT2D eigenvalue weighted by atomic mass is 16.1. The number of rotatable bonds is 5. The summed E-state index contributed by atoms with van der Waals surface area (Å²) in [5.74, 6) is 0.447. The average molecular weight is 206 g/mol. The molecule has 0 heterocycles. The third-order valence-electron chi connectivity index (χ3n) is 2.56. The van der Waals surface area contributed by atoms with E-state index in [9.17, 15) is 4.79 Å². The quantitative estimate of drug-likeness (QED) is 0.722. The monoisotopic (exact) mass is 206 g/mol. The largest absolute Gasteiger partial charge is 0.328 e. The van der Waals surface area contributed by atoms with Crippen LogP contribution in [-0.2, 0) is 4.79 Å². The van der Waals surface area contributed by atoms with Gasteiger partial charge in [0.25, 0.3) is 0 Å². The second kappa shape index (κ2) is 5.51. The van der Waals surface area contributed by atoms with Crippen LogP contribution in [0.25, 0.3) is 0 Å². The van der Waals surface area contributed by atoms with Crippen LogP contribution in [0.1, 0.15) is 24.0 Å². The van der Waals surface area contributed by atoms with E-state index in [-0.39, 0.29) is 0 Å². The lowest BCUT2D eigenvalue weighted by atomic mass is 9.99. The number of hydrogen-bond donors (Lipinski definition) is 2. The lowest BCUT2D eigenvalue weighted by Crippen LogP contribution is -2.14. The summed E-state index contributed by atoms with van der Waals surface area (Å²) in [6.45, 7) is 5.08. The predicted molar refractivity (Wildman–Crippen MR) is 63.2 cm³/mol. The van der Waals surface area contributed by atoms with Crippen molar-refractivity contribution in [3.63, 3.8) is 0 Å². The SMILES string of the molecule is CNCC(C)c1ccc(C)c(NC=O)c1. The molecule has 0 bridgehead atoms. The van der Waals surface area contributed by atoms with Gasteiger partial charge in [-0.25, -0.2) is 0 Å². The highest BCUT2D eigenvalue weighted by Crippen LogP contribution is 2.21. The highest BCUT2D eigenvalue weighted by molar-refractivity contribution is 5.73. The molecule has 1 aromatic rings. The Labute approximate surface area is 90.9 Å². The fourth-order valence-electron chi connectivity index (χ4n) is 1.59. The van der Waals surface area contributed by atoms with Crippen LogP contribution >= 0.6 is 0 Å². The number of anilines is 1. The van der Waals surface area contributed by atoms with E-state index in [1.807, 2.05) is 26.1 Å². The van der Waals surface area contributed by atoms with E-state index in [2.05, 4.69) is 23.6 Å². The van der Waals surface area contributed by atoms with Crippen molar-refractivity contribution in [2.24, 2.45) is 0 Å². The number of aryl methyl sites for hydroxylation is 1. The number of carbonyl (C=O) groups excluding carboxylic acids is 1. The van der Waals surface area contributed by atoms with Gasteiger partial charge in [-0.1, -0.05) is 19.1 Å². The Balaban J connectivity index is 2.90. The zero-order chi connectivity index (χ0) is 11.3. The van der Waals surface area contributed by atoms with Crippen LogP contribution in [0.3, 0.4) is 0 Å². The minimum Gasteiger partial charge on any atom is -0.328 e. The van der Waals surface area contributed by atoms with Crippen LogP contribution < -0.4 is 10.6 Å². The molecular weight excluding hydrogens is 188 g/mol. The van der Waals surface area contributed by atoms with Gasteiger partial charge in [-0.15, -0.1) is 0 Å². The smallest absolute Gasteiger partial charge is 0.211 e. The maximum atomic E-state index is 10.4. The Hall–Kier alpha value is -1.35. The molecule has 0 spiro atoms. The Morgan fingerprint density at radius 2 is 2.20 bits per heavy atom. The third kappa shape index (κ3) is 3.06. The maximum Gasteiger partial charge on any atom is 0.211 e. The van der Waals surface area contributed by atoms with Gasteiger partial charge in [0.05, 0.1) is 0 Å². The first-order chi connectivity index (χ1) is 7.19. The number of nitrogens with one attached hydrogen (secondary N) is 2. The first-order valence-corrected chi connectivity index (χ1v) is 5.14. The molecule has 1 unspecified atom stereocenters. The molecule has 3 heteroatoms. The first-order valence-electron chi connectivity index (χ1n) is 5.14. The average Bonchev–Trinajstić information content (AvgIpc) is 2.22. The molecule has 1 atom stereocenters. The second-order valence-corrected chi connectivity index (χ2v) is 3.80. The van der Waals surface area contributed by atoms with Crippen molar-refractivity contribution in [3.8, 4) is 0 Å². The molecule has 1 amide bonds. The zero-order valence-corrected chi connectivity index (χ0v) is 9.50. The number of likely N-dealkylation sites (N-methyl/N-ethyl adjacent to an activating group) is 1. The van der Waals surface area contributed by atoms with Crippen LogP contribution in [0, 0.1) is 6.92 Å². The molecule has 0 aliphatic rings. The summed E-state index contributed by atoms with van der Waals surface area (Å²) < 4.78 is 0. The van der Waals surface area contributed by atoms with Gasteiger partial charge >= 0.3 is 0 Å². The van der Waals surface area contributed by atoms with Crippen LogP contribution in [0.5, 0.6) is 0 Å². The normalized spacial score (nSPS) is 12.2.